The van der Waals surface area contributed by atoms with E-state index in [0.717, 1.165) is 25.7 Å². The fourth-order valence-corrected chi connectivity index (χ4v) is 2.93. The van der Waals surface area contributed by atoms with Gasteiger partial charge in [-0.2, -0.15) is 0 Å². The van der Waals surface area contributed by atoms with Gasteiger partial charge in [0, 0.05) is 23.7 Å². The molecule has 0 spiro atoms. The first-order valence-electron chi connectivity index (χ1n) is 7.26. The van der Waals surface area contributed by atoms with Crippen molar-refractivity contribution in [3.63, 3.8) is 0 Å². The molecule has 114 valence electrons. The smallest absolute Gasteiger partial charge is 0.319 e. The zero-order valence-electron chi connectivity index (χ0n) is 11.9. The molecule has 1 fully saturated rings. The van der Waals surface area contributed by atoms with Gasteiger partial charge in [-0.3, -0.25) is 0 Å². The van der Waals surface area contributed by atoms with Gasteiger partial charge in [0.15, 0.2) is 11.5 Å². The van der Waals surface area contributed by atoms with Crippen LogP contribution < -0.4 is 20.1 Å². The van der Waals surface area contributed by atoms with E-state index < -0.39 is 0 Å². The first kappa shape index (κ1) is 14.0. The summed E-state index contributed by atoms with van der Waals surface area (Å²) in [5, 5.41) is 15.1. The van der Waals surface area contributed by atoms with E-state index in [9.17, 15) is 9.90 Å². The number of hydrogen-bond donors (Lipinski definition) is 3. The largest absolute Gasteiger partial charge is 0.454 e. The van der Waals surface area contributed by atoms with Crippen molar-refractivity contribution >= 4 is 11.7 Å². The van der Waals surface area contributed by atoms with Crippen LogP contribution in [0.15, 0.2) is 18.2 Å². The number of anilines is 1. The monoisotopic (exact) mass is 292 g/mol. The minimum absolute atomic E-state index is 0.122. The molecule has 1 aliphatic heterocycles. The van der Waals surface area contributed by atoms with E-state index in [0.29, 0.717) is 23.7 Å². The predicted molar refractivity (Wildman–Crippen MR) is 77.6 cm³/mol. The van der Waals surface area contributed by atoms with E-state index >= 15 is 0 Å². The molecule has 6 nitrogen and oxygen atoms in total. The molecule has 0 aromatic heterocycles. The molecule has 0 radical (unpaired) electrons. The zero-order valence-corrected chi connectivity index (χ0v) is 11.9. The van der Waals surface area contributed by atoms with Crippen LogP contribution >= 0.6 is 0 Å². The van der Waals surface area contributed by atoms with Gasteiger partial charge < -0.3 is 25.2 Å². The van der Waals surface area contributed by atoms with Crippen molar-refractivity contribution < 1.29 is 19.4 Å². The summed E-state index contributed by atoms with van der Waals surface area (Å²) < 4.78 is 10.5. The third-order valence-electron chi connectivity index (χ3n) is 4.25. The van der Waals surface area contributed by atoms with Gasteiger partial charge in [-0.15, -0.1) is 0 Å². The average Bonchev–Trinajstić information content (AvgIpc) is 3.14. The summed E-state index contributed by atoms with van der Waals surface area (Å²) >= 11 is 0. The Morgan fingerprint density at radius 3 is 2.76 bits per heavy atom. The van der Waals surface area contributed by atoms with Crippen molar-refractivity contribution in [3.8, 4) is 11.5 Å². The van der Waals surface area contributed by atoms with E-state index in [1.54, 1.807) is 18.2 Å². The van der Waals surface area contributed by atoms with E-state index in [-0.39, 0.29) is 24.8 Å². The Bertz CT molecular complexity index is 526. The highest BCUT2D eigenvalue weighted by molar-refractivity contribution is 5.89. The summed E-state index contributed by atoms with van der Waals surface area (Å²) in [5.41, 5.74) is 0.507. The van der Waals surface area contributed by atoms with Crippen LogP contribution in [0, 0.1) is 5.41 Å². The fourth-order valence-electron chi connectivity index (χ4n) is 2.93. The van der Waals surface area contributed by atoms with Crippen LogP contribution in [0.1, 0.15) is 25.7 Å². The Balaban J connectivity index is 1.54. The number of benzene rings is 1. The third kappa shape index (κ3) is 3.05. The lowest BCUT2D eigenvalue weighted by molar-refractivity contribution is 0.130. The van der Waals surface area contributed by atoms with Gasteiger partial charge in [-0.1, -0.05) is 12.8 Å². The predicted octanol–water partition coefficient (Wildman–Crippen LogP) is 2.09. The molecule has 0 saturated heterocycles. The minimum atomic E-state index is -0.270. The second-order valence-corrected chi connectivity index (χ2v) is 5.74. The Labute approximate surface area is 123 Å². The molecule has 3 N–H and O–H groups in total. The standard InChI is InChI=1S/C15H20N2O4/c18-9-15(5-1-2-6-15)8-16-14(19)17-11-3-4-12-13(7-11)21-10-20-12/h3-4,7,18H,1-2,5-6,8-10H2,(H2,16,17,19). The van der Waals surface area contributed by atoms with Gasteiger partial charge in [0.05, 0.1) is 6.61 Å². The maximum absolute atomic E-state index is 12.0. The molecule has 1 saturated carbocycles. The Hall–Kier alpha value is -1.95. The molecule has 1 heterocycles. The second kappa shape index (κ2) is 5.81. The Morgan fingerprint density at radius 1 is 1.24 bits per heavy atom. The van der Waals surface area contributed by atoms with Crippen molar-refractivity contribution in [1.82, 2.24) is 5.32 Å². The number of aliphatic hydroxyl groups excluding tert-OH is 1. The number of carbonyl (C=O) groups excluding carboxylic acids is 1. The molecule has 3 rings (SSSR count). The number of fused-ring (bicyclic) bond motifs is 1. The normalized spacial score (nSPS) is 18.5. The van der Waals surface area contributed by atoms with Crippen molar-refractivity contribution in [1.29, 1.82) is 0 Å². The van der Waals surface area contributed by atoms with Gasteiger partial charge in [0.1, 0.15) is 0 Å². The van der Waals surface area contributed by atoms with Crippen LogP contribution in [0.25, 0.3) is 0 Å². The maximum Gasteiger partial charge on any atom is 0.319 e. The van der Waals surface area contributed by atoms with E-state index in [1.807, 2.05) is 0 Å². The van der Waals surface area contributed by atoms with Gasteiger partial charge in [-0.25, -0.2) is 4.79 Å². The third-order valence-corrected chi connectivity index (χ3v) is 4.25. The number of ether oxygens (including phenoxy) is 2. The highest BCUT2D eigenvalue weighted by atomic mass is 16.7. The number of amides is 2. The van der Waals surface area contributed by atoms with Gasteiger partial charge in [-0.05, 0) is 25.0 Å². The fraction of sp³-hybridized carbons (Fsp3) is 0.533. The first-order valence-corrected chi connectivity index (χ1v) is 7.26. The molecule has 2 amide bonds. The van der Waals surface area contributed by atoms with Crippen LogP contribution in [-0.4, -0.2) is 31.1 Å². The summed E-state index contributed by atoms with van der Waals surface area (Å²) in [6, 6.07) is 5.00. The van der Waals surface area contributed by atoms with Crippen LogP contribution in [0.5, 0.6) is 11.5 Å². The van der Waals surface area contributed by atoms with Crippen molar-refractivity contribution in [3.05, 3.63) is 18.2 Å². The lowest BCUT2D eigenvalue weighted by Gasteiger charge is -2.26. The summed E-state index contributed by atoms with van der Waals surface area (Å²) in [6.07, 6.45) is 4.17. The van der Waals surface area contributed by atoms with Crippen molar-refractivity contribution in [2.45, 2.75) is 25.7 Å². The quantitative estimate of drug-likeness (QED) is 0.794. The number of rotatable bonds is 4. The van der Waals surface area contributed by atoms with Crippen LogP contribution in [0.3, 0.4) is 0 Å². The molecule has 6 heteroatoms. The van der Waals surface area contributed by atoms with Crippen molar-refractivity contribution in [2.24, 2.45) is 5.41 Å². The van der Waals surface area contributed by atoms with E-state index in [2.05, 4.69) is 10.6 Å². The van der Waals surface area contributed by atoms with Crippen LogP contribution in [0.2, 0.25) is 0 Å². The SMILES string of the molecule is O=C(NCC1(CO)CCCC1)Nc1ccc2c(c1)OCO2. The summed E-state index contributed by atoms with van der Waals surface area (Å²) in [6.45, 7) is 0.835. The molecular weight excluding hydrogens is 272 g/mol. The van der Waals surface area contributed by atoms with Crippen molar-refractivity contribution in [2.75, 3.05) is 25.3 Å². The second-order valence-electron chi connectivity index (χ2n) is 5.74. The van der Waals surface area contributed by atoms with Gasteiger partial charge in [0.2, 0.25) is 6.79 Å². The minimum Gasteiger partial charge on any atom is -0.454 e. The van der Waals surface area contributed by atoms with Crippen LogP contribution in [0.4, 0.5) is 10.5 Å². The highest BCUT2D eigenvalue weighted by Crippen LogP contribution is 2.37. The topological polar surface area (TPSA) is 79.8 Å². The molecule has 0 unspecified atom stereocenters. The molecule has 1 aromatic rings. The molecule has 1 aliphatic carbocycles. The van der Waals surface area contributed by atoms with Gasteiger partial charge in [0.25, 0.3) is 0 Å². The summed E-state index contributed by atoms with van der Waals surface area (Å²) in [4.78, 5) is 12.0. The number of carbonyl (C=O) groups is 1. The Morgan fingerprint density at radius 2 is 2.00 bits per heavy atom. The summed E-state index contributed by atoms with van der Waals surface area (Å²) in [7, 11) is 0. The number of hydrogen-bond acceptors (Lipinski definition) is 4. The Kier molecular flexibility index (Phi) is 3.88. The van der Waals surface area contributed by atoms with E-state index in [4.69, 9.17) is 9.47 Å². The zero-order chi connectivity index (χ0) is 14.7. The molecule has 2 aliphatic rings. The lowest BCUT2D eigenvalue weighted by Crippen LogP contribution is -2.40. The van der Waals surface area contributed by atoms with E-state index in [1.165, 1.54) is 0 Å². The molecular formula is C15H20N2O4. The number of urea groups is 1. The summed E-state index contributed by atoms with van der Waals surface area (Å²) in [5.74, 6) is 1.32. The maximum atomic E-state index is 12.0. The highest BCUT2D eigenvalue weighted by Gasteiger charge is 2.33. The van der Waals surface area contributed by atoms with Crippen LogP contribution in [-0.2, 0) is 0 Å². The van der Waals surface area contributed by atoms with Gasteiger partial charge >= 0.3 is 6.03 Å². The molecule has 0 bridgehead atoms. The molecule has 21 heavy (non-hydrogen) atoms. The lowest BCUT2D eigenvalue weighted by atomic mass is 9.87. The molecule has 0 atom stereocenters. The molecule has 1 aromatic carbocycles. The average molecular weight is 292 g/mol. The number of nitrogens with one attached hydrogen (secondary N) is 2. The number of aliphatic hydroxyl groups is 1. The first-order chi connectivity index (χ1) is 10.2.